The Hall–Kier alpha value is -1.69. The molecule has 1 atom stereocenters. The molecule has 0 unspecified atom stereocenters. The van der Waals surface area contributed by atoms with Gasteiger partial charge in [-0.05, 0) is 19.1 Å². The van der Waals surface area contributed by atoms with Crippen molar-refractivity contribution >= 4 is 17.7 Å². The number of methoxy groups -OCH3 is 1. The van der Waals surface area contributed by atoms with E-state index in [0.29, 0.717) is 0 Å². The Morgan fingerprint density at radius 1 is 1.56 bits per heavy atom. The van der Waals surface area contributed by atoms with E-state index < -0.39 is 5.97 Å². The van der Waals surface area contributed by atoms with Crippen molar-refractivity contribution in [2.45, 2.75) is 17.3 Å². The summed E-state index contributed by atoms with van der Waals surface area (Å²) in [5.41, 5.74) is 0. The van der Waals surface area contributed by atoms with Gasteiger partial charge in [0, 0.05) is 19.4 Å². The fourth-order valence-electron chi connectivity index (χ4n) is 1.46. The lowest BCUT2D eigenvalue weighted by atomic mass is 10.3. The minimum absolute atomic E-state index is 0.0736. The standard InChI is InChI=1S/C12H14N2O3S/c1-8(18-12-13-6-7-14(12)2)9-4-5-10(17-9)11(15)16-3/h4-8H,1-3H3/t8-/m0/s1. The first kappa shape index (κ1) is 12.8. The van der Waals surface area contributed by atoms with E-state index in [4.69, 9.17) is 4.42 Å². The maximum atomic E-state index is 11.3. The summed E-state index contributed by atoms with van der Waals surface area (Å²) in [4.78, 5) is 15.5. The molecule has 0 fully saturated rings. The molecule has 0 aromatic carbocycles. The number of rotatable bonds is 4. The van der Waals surface area contributed by atoms with Crippen LogP contribution in [0.2, 0.25) is 0 Å². The van der Waals surface area contributed by atoms with Crippen LogP contribution < -0.4 is 0 Å². The summed E-state index contributed by atoms with van der Waals surface area (Å²) in [5, 5.41) is 0.975. The lowest BCUT2D eigenvalue weighted by Gasteiger charge is -2.07. The Balaban J connectivity index is 2.10. The summed E-state index contributed by atoms with van der Waals surface area (Å²) in [5.74, 6) is 0.485. The average Bonchev–Trinajstić information content (AvgIpc) is 2.98. The van der Waals surface area contributed by atoms with Crippen LogP contribution in [0.3, 0.4) is 0 Å². The molecule has 96 valence electrons. The van der Waals surface area contributed by atoms with Gasteiger partial charge in [-0.1, -0.05) is 11.8 Å². The zero-order valence-corrected chi connectivity index (χ0v) is 11.2. The van der Waals surface area contributed by atoms with Crippen LogP contribution in [0.4, 0.5) is 0 Å². The van der Waals surface area contributed by atoms with Crippen molar-refractivity contribution in [3.8, 4) is 0 Å². The average molecular weight is 266 g/mol. The molecule has 0 saturated carbocycles. The summed E-state index contributed by atoms with van der Waals surface area (Å²) in [6.45, 7) is 2.00. The van der Waals surface area contributed by atoms with Crippen molar-refractivity contribution in [1.82, 2.24) is 9.55 Å². The quantitative estimate of drug-likeness (QED) is 0.629. The molecule has 0 aliphatic rings. The fraction of sp³-hybridized carbons (Fsp3) is 0.333. The number of ether oxygens (including phenoxy) is 1. The molecule has 2 heterocycles. The molecule has 2 aromatic heterocycles. The number of imidazole rings is 1. The van der Waals surface area contributed by atoms with Crippen molar-refractivity contribution in [2.75, 3.05) is 7.11 Å². The first-order valence-electron chi connectivity index (χ1n) is 5.44. The van der Waals surface area contributed by atoms with Gasteiger partial charge in [-0.3, -0.25) is 0 Å². The Labute approximate surface area is 109 Å². The van der Waals surface area contributed by atoms with Crippen LogP contribution in [-0.2, 0) is 11.8 Å². The predicted octanol–water partition coefficient (Wildman–Crippen LogP) is 2.65. The van der Waals surface area contributed by atoms with Gasteiger partial charge in [0.05, 0.1) is 12.4 Å². The zero-order valence-electron chi connectivity index (χ0n) is 10.4. The number of esters is 1. The molecular weight excluding hydrogens is 252 g/mol. The fourth-order valence-corrected chi connectivity index (χ4v) is 2.37. The summed E-state index contributed by atoms with van der Waals surface area (Å²) in [6, 6.07) is 3.41. The van der Waals surface area contributed by atoms with Crippen molar-refractivity contribution in [3.63, 3.8) is 0 Å². The molecular formula is C12H14N2O3S. The third kappa shape index (κ3) is 2.59. The smallest absolute Gasteiger partial charge is 0.373 e. The third-order valence-electron chi connectivity index (χ3n) is 2.47. The number of nitrogens with zero attached hydrogens (tertiary/aromatic N) is 2. The van der Waals surface area contributed by atoms with Gasteiger partial charge in [0.2, 0.25) is 5.76 Å². The predicted molar refractivity (Wildman–Crippen MR) is 67.5 cm³/mol. The Bertz CT molecular complexity index is 547. The van der Waals surface area contributed by atoms with E-state index in [1.54, 1.807) is 30.1 Å². The minimum atomic E-state index is -0.463. The maximum absolute atomic E-state index is 11.3. The summed E-state index contributed by atoms with van der Waals surface area (Å²) in [7, 11) is 3.26. The van der Waals surface area contributed by atoms with E-state index in [1.165, 1.54) is 7.11 Å². The van der Waals surface area contributed by atoms with Gasteiger partial charge in [-0.2, -0.15) is 0 Å². The monoisotopic (exact) mass is 266 g/mol. The molecule has 6 heteroatoms. The minimum Gasteiger partial charge on any atom is -0.463 e. The highest BCUT2D eigenvalue weighted by atomic mass is 32.2. The third-order valence-corrected chi connectivity index (χ3v) is 3.66. The van der Waals surface area contributed by atoms with E-state index in [0.717, 1.165) is 10.9 Å². The molecule has 5 nitrogen and oxygen atoms in total. The van der Waals surface area contributed by atoms with E-state index in [2.05, 4.69) is 9.72 Å². The largest absolute Gasteiger partial charge is 0.463 e. The Morgan fingerprint density at radius 2 is 2.33 bits per heavy atom. The lowest BCUT2D eigenvalue weighted by molar-refractivity contribution is 0.0563. The lowest BCUT2D eigenvalue weighted by Crippen LogP contribution is -1.98. The molecule has 0 aliphatic carbocycles. The number of hydrogen-bond acceptors (Lipinski definition) is 5. The summed E-state index contributed by atoms with van der Waals surface area (Å²) >= 11 is 1.57. The highest BCUT2D eigenvalue weighted by Gasteiger charge is 2.17. The first-order valence-corrected chi connectivity index (χ1v) is 6.32. The van der Waals surface area contributed by atoms with Gasteiger partial charge < -0.3 is 13.7 Å². The second-order valence-corrected chi connectivity index (χ2v) is 5.08. The van der Waals surface area contributed by atoms with Crippen molar-refractivity contribution in [2.24, 2.45) is 7.05 Å². The Morgan fingerprint density at radius 3 is 2.94 bits per heavy atom. The van der Waals surface area contributed by atoms with Crippen LogP contribution in [-0.4, -0.2) is 22.6 Å². The van der Waals surface area contributed by atoms with Gasteiger partial charge in [0.25, 0.3) is 0 Å². The molecule has 0 saturated heterocycles. The van der Waals surface area contributed by atoms with E-state index >= 15 is 0 Å². The second kappa shape index (κ2) is 5.30. The molecule has 0 N–H and O–H groups in total. The van der Waals surface area contributed by atoms with E-state index in [1.807, 2.05) is 24.7 Å². The molecule has 2 rings (SSSR count). The SMILES string of the molecule is COC(=O)c1ccc([C@H](C)Sc2nccn2C)o1. The summed E-state index contributed by atoms with van der Waals surface area (Å²) in [6.07, 6.45) is 3.63. The van der Waals surface area contributed by atoms with Crippen molar-refractivity contribution in [1.29, 1.82) is 0 Å². The van der Waals surface area contributed by atoms with Gasteiger partial charge >= 0.3 is 5.97 Å². The van der Waals surface area contributed by atoms with Crippen LogP contribution in [0, 0.1) is 0 Å². The van der Waals surface area contributed by atoms with E-state index in [-0.39, 0.29) is 11.0 Å². The molecule has 0 spiro atoms. The van der Waals surface area contributed by atoms with Crippen LogP contribution >= 0.6 is 11.8 Å². The van der Waals surface area contributed by atoms with Gasteiger partial charge in [-0.15, -0.1) is 0 Å². The summed E-state index contributed by atoms with van der Waals surface area (Å²) < 4.78 is 12.0. The number of thioether (sulfide) groups is 1. The van der Waals surface area contributed by atoms with Gasteiger partial charge in [-0.25, -0.2) is 9.78 Å². The van der Waals surface area contributed by atoms with Crippen LogP contribution in [0.1, 0.15) is 28.5 Å². The normalized spacial score (nSPS) is 12.4. The number of aromatic nitrogens is 2. The van der Waals surface area contributed by atoms with Crippen molar-refractivity contribution < 1.29 is 13.9 Å². The topological polar surface area (TPSA) is 57.3 Å². The van der Waals surface area contributed by atoms with Crippen molar-refractivity contribution in [3.05, 3.63) is 36.0 Å². The molecule has 0 bridgehead atoms. The number of aryl methyl sites for hydroxylation is 1. The number of carbonyl (C=O) groups excluding carboxylic acids is 1. The molecule has 0 aliphatic heterocycles. The number of furan rings is 1. The van der Waals surface area contributed by atoms with Gasteiger partial charge in [0.1, 0.15) is 5.76 Å². The van der Waals surface area contributed by atoms with E-state index in [9.17, 15) is 4.79 Å². The first-order chi connectivity index (χ1) is 8.61. The highest BCUT2D eigenvalue weighted by Crippen LogP contribution is 2.34. The molecule has 0 radical (unpaired) electrons. The van der Waals surface area contributed by atoms with Crippen LogP contribution in [0.15, 0.2) is 34.1 Å². The Kier molecular flexibility index (Phi) is 3.76. The number of carbonyl (C=O) groups is 1. The number of hydrogen-bond donors (Lipinski definition) is 0. The zero-order chi connectivity index (χ0) is 13.1. The second-order valence-electron chi connectivity index (χ2n) is 3.77. The molecule has 18 heavy (non-hydrogen) atoms. The van der Waals surface area contributed by atoms with Gasteiger partial charge in [0.15, 0.2) is 5.16 Å². The maximum Gasteiger partial charge on any atom is 0.373 e. The molecule has 0 amide bonds. The van der Waals surface area contributed by atoms with Crippen LogP contribution in [0.5, 0.6) is 0 Å². The van der Waals surface area contributed by atoms with Crippen LogP contribution in [0.25, 0.3) is 0 Å². The highest BCUT2D eigenvalue weighted by molar-refractivity contribution is 7.99. The molecule has 2 aromatic rings.